The summed E-state index contributed by atoms with van der Waals surface area (Å²) in [5, 5.41) is 6.04. The number of ether oxygens (including phenoxy) is 1. The van der Waals surface area contributed by atoms with Crippen molar-refractivity contribution in [3.63, 3.8) is 0 Å². The number of pyridine rings is 2. The van der Waals surface area contributed by atoms with Gasteiger partial charge in [0.25, 0.3) is 5.91 Å². The number of fused-ring (bicyclic) bond motifs is 2. The average Bonchev–Trinajstić information content (AvgIpc) is 3.51. The van der Waals surface area contributed by atoms with Gasteiger partial charge in [-0.05, 0) is 40.5 Å². The molecule has 5 heterocycles. The van der Waals surface area contributed by atoms with Gasteiger partial charge in [-0.2, -0.15) is 0 Å². The average molecular weight is 535 g/mol. The summed E-state index contributed by atoms with van der Waals surface area (Å²) in [4.78, 5) is 43.6. The zero-order chi connectivity index (χ0) is 27.5. The Morgan fingerprint density at radius 3 is 2.74 bits per heavy atom. The fourth-order valence-corrected chi connectivity index (χ4v) is 5.26. The summed E-state index contributed by atoms with van der Waals surface area (Å²) in [5.74, 6) is -0.306. The minimum atomic E-state index is -0.559. The lowest BCUT2D eigenvalue weighted by Gasteiger charge is -2.43. The molecule has 2 amide bonds. The van der Waals surface area contributed by atoms with Crippen LogP contribution in [0.2, 0.25) is 0 Å². The minimum absolute atomic E-state index is 0.199. The molecule has 0 bridgehead atoms. The standard InChI is InChI=1S/C27H31FN8O3/c1-16-13-35-14-17(11-19(28)22(35)32-16)33-24(37)18-12-31-23(21-20(18)29-7-8-30-21)34-9-10-36(27(15-34)5-6-27)25(38)39-26(2,3)4/h8,11-14,29H,5-7,9-10,15H2,1-4H3,(H,33,37). The number of hydrogen-bond donors (Lipinski definition) is 2. The van der Waals surface area contributed by atoms with Crippen molar-refractivity contribution in [3.8, 4) is 0 Å². The third-order valence-corrected chi connectivity index (χ3v) is 7.15. The lowest BCUT2D eigenvalue weighted by molar-refractivity contribution is 0.0106. The van der Waals surface area contributed by atoms with Gasteiger partial charge in [-0.3, -0.25) is 14.7 Å². The largest absolute Gasteiger partial charge is 0.444 e. The number of hydrogen-bond acceptors (Lipinski definition) is 8. The Bertz CT molecular complexity index is 1520. The van der Waals surface area contributed by atoms with E-state index in [2.05, 4.69) is 30.5 Å². The van der Waals surface area contributed by atoms with E-state index in [0.29, 0.717) is 60.3 Å². The fraction of sp³-hybridized carbons (Fsp3) is 0.444. The molecule has 3 aromatic heterocycles. The van der Waals surface area contributed by atoms with Crippen molar-refractivity contribution >= 4 is 46.7 Å². The quantitative estimate of drug-likeness (QED) is 0.519. The molecule has 1 aliphatic carbocycles. The molecule has 2 fully saturated rings. The fourth-order valence-electron chi connectivity index (χ4n) is 5.26. The second-order valence-electron chi connectivity index (χ2n) is 11.3. The normalized spacial score (nSPS) is 17.7. The molecule has 39 heavy (non-hydrogen) atoms. The Labute approximate surface area is 225 Å². The van der Waals surface area contributed by atoms with E-state index < -0.39 is 17.3 Å². The summed E-state index contributed by atoms with van der Waals surface area (Å²) in [6.07, 6.45) is 8.07. The van der Waals surface area contributed by atoms with Crippen molar-refractivity contribution in [3.05, 3.63) is 41.7 Å². The molecule has 0 atom stereocenters. The van der Waals surface area contributed by atoms with E-state index in [9.17, 15) is 14.0 Å². The van der Waals surface area contributed by atoms with E-state index >= 15 is 0 Å². The first kappa shape index (κ1) is 25.1. The first-order valence-corrected chi connectivity index (χ1v) is 13.0. The molecular weight excluding hydrogens is 503 g/mol. The van der Waals surface area contributed by atoms with Crippen molar-refractivity contribution in [1.82, 2.24) is 19.3 Å². The predicted molar refractivity (Wildman–Crippen MR) is 146 cm³/mol. The molecule has 0 unspecified atom stereocenters. The summed E-state index contributed by atoms with van der Waals surface area (Å²) in [6.45, 7) is 9.52. The number of rotatable bonds is 3. The van der Waals surface area contributed by atoms with E-state index in [4.69, 9.17) is 4.74 Å². The lowest BCUT2D eigenvalue weighted by atomic mass is 10.1. The van der Waals surface area contributed by atoms with E-state index in [1.807, 2.05) is 25.7 Å². The van der Waals surface area contributed by atoms with Crippen molar-refractivity contribution in [1.29, 1.82) is 0 Å². The maximum Gasteiger partial charge on any atom is 0.410 e. The topological polar surface area (TPSA) is 116 Å². The number of amides is 2. The van der Waals surface area contributed by atoms with Gasteiger partial charge in [-0.1, -0.05) is 0 Å². The summed E-state index contributed by atoms with van der Waals surface area (Å²) in [6, 6.07) is 1.25. The number of nitrogens with zero attached hydrogens (tertiary/aromatic N) is 6. The summed E-state index contributed by atoms with van der Waals surface area (Å²) in [7, 11) is 0. The molecule has 3 aliphatic rings. The van der Waals surface area contributed by atoms with Crippen molar-refractivity contribution in [2.75, 3.05) is 41.7 Å². The van der Waals surface area contributed by atoms with Crippen LogP contribution >= 0.6 is 0 Å². The van der Waals surface area contributed by atoms with Gasteiger partial charge >= 0.3 is 6.09 Å². The molecule has 1 saturated carbocycles. The van der Waals surface area contributed by atoms with Crippen LogP contribution < -0.4 is 15.5 Å². The number of halogens is 1. The maximum absolute atomic E-state index is 14.6. The number of piperazine rings is 1. The highest BCUT2D eigenvalue weighted by atomic mass is 19.1. The van der Waals surface area contributed by atoms with Crippen LogP contribution in [0.1, 0.15) is 49.7 Å². The van der Waals surface area contributed by atoms with E-state index in [1.54, 1.807) is 29.9 Å². The number of aliphatic imine (C=N–C) groups is 1. The van der Waals surface area contributed by atoms with Gasteiger partial charge in [0.05, 0.1) is 34.7 Å². The number of imidazole rings is 1. The summed E-state index contributed by atoms with van der Waals surface area (Å²) < 4.78 is 21.8. The van der Waals surface area contributed by atoms with Gasteiger partial charge in [-0.25, -0.2) is 19.2 Å². The van der Waals surface area contributed by atoms with E-state index in [-0.39, 0.29) is 17.3 Å². The lowest BCUT2D eigenvalue weighted by Crippen LogP contribution is -2.58. The Morgan fingerprint density at radius 1 is 1.21 bits per heavy atom. The van der Waals surface area contributed by atoms with Gasteiger partial charge in [0.1, 0.15) is 11.3 Å². The van der Waals surface area contributed by atoms with Crippen LogP contribution in [0.3, 0.4) is 0 Å². The monoisotopic (exact) mass is 534 g/mol. The van der Waals surface area contributed by atoms with E-state index in [0.717, 1.165) is 12.8 Å². The second-order valence-corrected chi connectivity index (χ2v) is 11.3. The van der Waals surface area contributed by atoms with Crippen LogP contribution in [0, 0.1) is 12.7 Å². The number of aromatic nitrogens is 3. The predicted octanol–water partition coefficient (Wildman–Crippen LogP) is 4.15. The summed E-state index contributed by atoms with van der Waals surface area (Å²) in [5.41, 5.74) is 1.78. The molecular formula is C27H31FN8O3. The van der Waals surface area contributed by atoms with Gasteiger partial charge in [-0.15, -0.1) is 0 Å². The number of nitrogens with one attached hydrogen (secondary N) is 2. The van der Waals surface area contributed by atoms with E-state index in [1.165, 1.54) is 12.3 Å². The van der Waals surface area contributed by atoms with Gasteiger partial charge < -0.3 is 24.7 Å². The first-order valence-electron chi connectivity index (χ1n) is 13.0. The molecule has 2 N–H and O–H groups in total. The minimum Gasteiger partial charge on any atom is -0.444 e. The molecule has 11 nitrogen and oxygen atoms in total. The highest BCUT2D eigenvalue weighted by molar-refractivity contribution is 6.11. The smallest absolute Gasteiger partial charge is 0.410 e. The van der Waals surface area contributed by atoms with Crippen LogP contribution in [0.5, 0.6) is 0 Å². The Kier molecular flexibility index (Phi) is 5.74. The van der Waals surface area contributed by atoms with Crippen LogP contribution in [0.15, 0.2) is 29.6 Å². The van der Waals surface area contributed by atoms with Crippen molar-refractivity contribution < 1.29 is 18.7 Å². The molecule has 12 heteroatoms. The maximum atomic E-state index is 14.6. The number of anilines is 3. The van der Waals surface area contributed by atoms with Gasteiger partial charge in [0.15, 0.2) is 17.3 Å². The van der Waals surface area contributed by atoms with Crippen LogP contribution in [0.25, 0.3) is 5.65 Å². The molecule has 0 radical (unpaired) electrons. The highest BCUT2D eigenvalue weighted by Crippen LogP contribution is 2.47. The highest BCUT2D eigenvalue weighted by Gasteiger charge is 2.54. The van der Waals surface area contributed by atoms with Crippen LogP contribution in [-0.4, -0.2) is 74.8 Å². The Balaban J connectivity index is 1.25. The van der Waals surface area contributed by atoms with Gasteiger partial charge in [0.2, 0.25) is 0 Å². The molecule has 1 spiro atoms. The van der Waals surface area contributed by atoms with Crippen molar-refractivity contribution in [2.24, 2.45) is 4.99 Å². The molecule has 6 rings (SSSR count). The zero-order valence-electron chi connectivity index (χ0n) is 22.4. The molecule has 1 saturated heterocycles. The van der Waals surface area contributed by atoms with Crippen LogP contribution in [-0.2, 0) is 4.74 Å². The first-order chi connectivity index (χ1) is 18.5. The molecule has 204 valence electrons. The third kappa shape index (κ3) is 4.64. The van der Waals surface area contributed by atoms with Crippen LogP contribution in [0.4, 0.5) is 32.1 Å². The Morgan fingerprint density at radius 2 is 2.00 bits per heavy atom. The number of carbonyl (C=O) groups is 2. The van der Waals surface area contributed by atoms with Crippen molar-refractivity contribution in [2.45, 2.75) is 51.7 Å². The zero-order valence-corrected chi connectivity index (χ0v) is 22.4. The second kappa shape index (κ2) is 8.92. The molecule has 2 aliphatic heterocycles. The van der Waals surface area contributed by atoms with Gasteiger partial charge in [0, 0.05) is 50.5 Å². The Hall–Kier alpha value is -4.22. The molecule has 0 aromatic carbocycles. The summed E-state index contributed by atoms with van der Waals surface area (Å²) >= 11 is 0. The molecule has 3 aromatic rings. The SMILES string of the molecule is Cc1cn2cc(NC(=O)c3cnc(N4CCN(C(=O)OC(C)(C)C)C5(CC5)C4)c4c3NCC=N4)cc(F)c2n1. The number of aryl methyl sites for hydroxylation is 1. The number of carbonyl (C=O) groups excluding carboxylic acids is 2. The third-order valence-electron chi connectivity index (χ3n) is 7.15.